The highest BCUT2D eigenvalue weighted by Gasteiger charge is 2.28. The Morgan fingerprint density at radius 1 is 0.600 bits per heavy atom. The molecule has 0 saturated heterocycles. The van der Waals surface area contributed by atoms with E-state index in [0.29, 0.717) is 12.8 Å². The van der Waals surface area contributed by atoms with Gasteiger partial charge in [-0.3, -0.25) is 18.6 Å². The Bertz CT molecular complexity index is 1210. The Labute approximate surface area is 331 Å². The Balaban J connectivity index is 4.03. The van der Waals surface area contributed by atoms with Crippen LogP contribution >= 0.6 is 7.82 Å². The third-order valence-corrected chi connectivity index (χ3v) is 9.18. The van der Waals surface area contributed by atoms with Gasteiger partial charge in [0, 0.05) is 12.8 Å². The molecule has 4 N–H and O–H groups in total. The number of unbranched alkanes of at least 4 members (excludes halogenated alkanes) is 11. The Kier molecular flexibility index (Phi) is 35.7. The highest BCUT2D eigenvalue weighted by molar-refractivity contribution is 7.47. The Morgan fingerprint density at radius 2 is 1.05 bits per heavy atom. The van der Waals surface area contributed by atoms with Crippen LogP contribution in [-0.2, 0) is 32.7 Å². The standard InChI is InChI=1S/C43H72NO10P/c1-3-5-7-9-11-13-15-17-18-19-20-21-22-23-24-26-28-30-32-34-41(46)44-40(43(48)49)38-54-55(50,51)53-37-39(45)36-52-42(47)35-33-31-29-27-25-16-14-12-10-8-6-4-2/h5,7,11-14,17-18,20-21,23-24,39-40,45H,3-4,6,8-10,15-16,19,22,25-38H2,1-2H3,(H,44,46)(H,48,49)(H,50,51)/b7-5-,13-11-,14-12-,18-17-,21-20-,24-23-. The number of nitrogens with one attached hydrogen (secondary N) is 1. The van der Waals surface area contributed by atoms with E-state index < -0.39 is 57.6 Å². The first-order chi connectivity index (χ1) is 26.6. The zero-order valence-electron chi connectivity index (χ0n) is 33.7. The van der Waals surface area contributed by atoms with Crippen LogP contribution in [0.2, 0.25) is 0 Å². The van der Waals surface area contributed by atoms with E-state index in [0.717, 1.165) is 89.9 Å². The lowest BCUT2D eigenvalue weighted by atomic mass is 10.1. The largest absolute Gasteiger partial charge is 0.480 e. The molecule has 314 valence electrons. The lowest BCUT2D eigenvalue weighted by molar-refractivity contribution is -0.147. The van der Waals surface area contributed by atoms with Crippen molar-refractivity contribution in [2.45, 2.75) is 161 Å². The molecule has 0 aliphatic carbocycles. The number of aliphatic hydroxyl groups excluding tert-OH is 1. The van der Waals surface area contributed by atoms with Gasteiger partial charge in [0.25, 0.3) is 0 Å². The van der Waals surface area contributed by atoms with Gasteiger partial charge in [0.1, 0.15) is 12.7 Å². The zero-order chi connectivity index (χ0) is 40.7. The van der Waals surface area contributed by atoms with Gasteiger partial charge in [-0.1, -0.05) is 125 Å². The van der Waals surface area contributed by atoms with Gasteiger partial charge in [0.05, 0.1) is 13.2 Å². The van der Waals surface area contributed by atoms with Gasteiger partial charge in [-0.25, -0.2) is 9.36 Å². The Morgan fingerprint density at radius 3 is 1.62 bits per heavy atom. The lowest BCUT2D eigenvalue weighted by Gasteiger charge is -2.18. The minimum atomic E-state index is -4.77. The second-order valence-electron chi connectivity index (χ2n) is 13.4. The molecular formula is C43H72NO10P. The fourth-order valence-corrected chi connectivity index (χ4v) is 5.81. The average Bonchev–Trinajstić information content (AvgIpc) is 3.16. The van der Waals surface area contributed by atoms with Crippen LogP contribution in [-0.4, -0.2) is 64.9 Å². The fraction of sp³-hybridized carbons (Fsp3) is 0.651. The first kappa shape index (κ1) is 51.9. The van der Waals surface area contributed by atoms with E-state index in [2.05, 4.69) is 92.1 Å². The van der Waals surface area contributed by atoms with Crippen molar-refractivity contribution >= 4 is 25.7 Å². The second-order valence-corrected chi connectivity index (χ2v) is 14.9. The maximum atomic E-state index is 12.3. The highest BCUT2D eigenvalue weighted by atomic mass is 31.2. The number of carboxylic acids is 1. The maximum Gasteiger partial charge on any atom is 0.472 e. The van der Waals surface area contributed by atoms with Crippen molar-refractivity contribution in [2.24, 2.45) is 0 Å². The van der Waals surface area contributed by atoms with Gasteiger partial charge in [-0.2, -0.15) is 0 Å². The minimum absolute atomic E-state index is 0.102. The number of carbonyl (C=O) groups excluding carboxylic acids is 2. The molecule has 0 aromatic carbocycles. The molecule has 0 rings (SSSR count). The molecule has 0 aliphatic rings. The quantitative estimate of drug-likeness (QED) is 0.0206. The third-order valence-electron chi connectivity index (χ3n) is 8.23. The molecule has 0 saturated carbocycles. The molecule has 0 bridgehead atoms. The summed E-state index contributed by atoms with van der Waals surface area (Å²) in [5.41, 5.74) is 0. The molecule has 0 fully saturated rings. The van der Waals surface area contributed by atoms with Gasteiger partial charge >= 0.3 is 19.8 Å². The smallest absolute Gasteiger partial charge is 0.472 e. The molecule has 0 spiro atoms. The normalized spacial score (nSPS) is 14.5. The molecule has 0 radical (unpaired) electrons. The van der Waals surface area contributed by atoms with Crippen molar-refractivity contribution in [2.75, 3.05) is 19.8 Å². The van der Waals surface area contributed by atoms with Gasteiger partial charge in [-0.05, 0) is 83.5 Å². The Hall–Kier alpha value is -3.08. The summed E-state index contributed by atoms with van der Waals surface area (Å²) in [5.74, 6) is -2.44. The molecule has 55 heavy (non-hydrogen) atoms. The molecule has 0 aliphatic heterocycles. The van der Waals surface area contributed by atoms with E-state index in [1.165, 1.54) is 19.3 Å². The van der Waals surface area contributed by atoms with E-state index in [-0.39, 0.29) is 12.8 Å². The summed E-state index contributed by atoms with van der Waals surface area (Å²) < 4.78 is 26.7. The van der Waals surface area contributed by atoms with Gasteiger partial charge in [0.15, 0.2) is 6.04 Å². The number of amides is 1. The summed E-state index contributed by atoms with van der Waals surface area (Å²) in [4.78, 5) is 45.8. The molecule has 0 aromatic heterocycles. The predicted octanol–water partition coefficient (Wildman–Crippen LogP) is 10.2. The van der Waals surface area contributed by atoms with Crippen molar-refractivity contribution in [3.63, 3.8) is 0 Å². The third kappa shape index (κ3) is 37.6. The van der Waals surface area contributed by atoms with Gasteiger partial charge in [0.2, 0.25) is 5.91 Å². The molecule has 3 atom stereocenters. The number of hydrogen-bond donors (Lipinski definition) is 4. The van der Waals surface area contributed by atoms with Crippen LogP contribution < -0.4 is 5.32 Å². The molecule has 0 aromatic rings. The van der Waals surface area contributed by atoms with Gasteiger partial charge < -0.3 is 25.2 Å². The van der Waals surface area contributed by atoms with E-state index in [9.17, 15) is 34.1 Å². The molecule has 1 amide bonds. The number of hydrogen-bond acceptors (Lipinski definition) is 8. The predicted molar refractivity (Wildman–Crippen MR) is 221 cm³/mol. The lowest BCUT2D eigenvalue weighted by Crippen LogP contribution is -2.43. The number of phosphoric acid groups is 1. The number of phosphoric ester groups is 1. The van der Waals surface area contributed by atoms with Crippen LogP contribution in [0.25, 0.3) is 0 Å². The van der Waals surface area contributed by atoms with Crippen molar-refractivity contribution in [3.05, 3.63) is 72.9 Å². The van der Waals surface area contributed by atoms with Crippen LogP contribution in [0.3, 0.4) is 0 Å². The van der Waals surface area contributed by atoms with Crippen LogP contribution in [0.1, 0.15) is 149 Å². The van der Waals surface area contributed by atoms with E-state index in [4.69, 9.17) is 13.8 Å². The number of carbonyl (C=O) groups is 3. The molecule has 3 unspecified atom stereocenters. The molecule has 0 heterocycles. The number of aliphatic carboxylic acids is 1. The number of rotatable bonds is 37. The molecular weight excluding hydrogens is 721 g/mol. The highest BCUT2D eigenvalue weighted by Crippen LogP contribution is 2.43. The van der Waals surface area contributed by atoms with Crippen LogP contribution in [0.4, 0.5) is 0 Å². The monoisotopic (exact) mass is 793 g/mol. The first-order valence-corrected chi connectivity index (χ1v) is 22.0. The van der Waals surface area contributed by atoms with Crippen molar-refractivity contribution in [3.8, 4) is 0 Å². The number of carboxylic acid groups (broad SMARTS) is 1. The van der Waals surface area contributed by atoms with E-state index in [1.54, 1.807) is 0 Å². The molecule has 12 heteroatoms. The van der Waals surface area contributed by atoms with Gasteiger partial charge in [-0.15, -0.1) is 0 Å². The summed E-state index contributed by atoms with van der Waals surface area (Å²) in [6, 6.07) is -1.57. The number of ether oxygens (including phenoxy) is 1. The summed E-state index contributed by atoms with van der Waals surface area (Å²) in [7, 11) is -4.77. The zero-order valence-corrected chi connectivity index (χ0v) is 34.6. The summed E-state index contributed by atoms with van der Waals surface area (Å²) in [5, 5.41) is 21.8. The second kappa shape index (κ2) is 37.8. The number of aliphatic hydroxyl groups is 1. The summed E-state index contributed by atoms with van der Waals surface area (Å²) >= 11 is 0. The maximum absolute atomic E-state index is 12.3. The van der Waals surface area contributed by atoms with Crippen LogP contribution in [0, 0.1) is 0 Å². The van der Waals surface area contributed by atoms with Crippen molar-refractivity contribution in [1.29, 1.82) is 0 Å². The van der Waals surface area contributed by atoms with Crippen molar-refractivity contribution in [1.82, 2.24) is 5.32 Å². The van der Waals surface area contributed by atoms with Crippen LogP contribution in [0.5, 0.6) is 0 Å². The van der Waals surface area contributed by atoms with Crippen LogP contribution in [0.15, 0.2) is 72.9 Å². The van der Waals surface area contributed by atoms with E-state index in [1.807, 2.05) is 0 Å². The summed E-state index contributed by atoms with van der Waals surface area (Å²) in [6.45, 7) is 2.39. The SMILES string of the molecule is CC/C=C\C/C=C\C/C=C\C/C=C\C/C=C\CCCCCC(=O)NC(COP(=O)(O)OCC(O)COC(=O)CCCCCCC/C=C\CCCCC)C(=O)O. The first-order valence-electron chi connectivity index (χ1n) is 20.5. The number of esters is 1. The molecule has 11 nitrogen and oxygen atoms in total. The van der Waals surface area contributed by atoms with Crippen molar-refractivity contribution < 1.29 is 47.8 Å². The fourth-order valence-electron chi connectivity index (χ4n) is 5.04. The van der Waals surface area contributed by atoms with E-state index >= 15 is 0 Å². The number of allylic oxidation sites excluding steroid dienone is 12. The summed E-state index contributed by atoms with van der Waals surface area (Å²) in [6.07, 6.45) is 43.6. The minimum Gasteiger partial charge on any atom is -0.480 e. The topological polar surface area (TPSA) is 169 Å². The average molecular weight is 794 g/mol.